The van der Waals surface area contributed by atoms with Gasteiger partial charge >= 0.3 is 0 Å². The Morgan fingerprint density at radius 1 is 1.33 bits per heavy atom. The summed E-state index contributed by atoms with van der Waals surface area (Å²) >= 11 is 7.61. The van der Waals surface area contributed by atoms with E-state index in [1.54, 1.807) is 6.07 Å². The zero-order valence-electron chi connectivity index (χ0n) is 11.2. The van der Waals surface area contributed by atoms with Gasteiger partial charge in [0.25, 0.3) is 5.56 Å². The number of Topliss-reactive ketones (excluding diaryl/α,β-unsaturated/α-hetero) is 1. The second kappa shape index (κ2) is 5.42. The molecule has 0 unspecified atom stereocenters. The Hall–Kier alpha value is -1.98. The minimum Gasteiger partial charge on any atom is -0.298 e. The molecule has 3 rings (SSSR count). The summed E-state index contributed by atoms with van der Waals surface area (Å²) in [4.78, 5) is 28.7. The third-order valence-electron chi connectivity index (χ3n) is 3.12. The van der Waals surface area contributed by atoms with Crippen LogP contribution in [0.1, 0.15) is 6.92 Å². The predicted molar refractivity (Wildman–Crippen MR) is 85.0 cm³/mol. The van der Waals surface area contributed by atoms with E-state index in [0.717, 1.165) is 11.1 Å². The molecule has 2 heterocycles. The second-order valence-electron chi connectivity index (χ2n) is 4.69. The van der Waals surface area contributed by atoms with E-state index in [0.29, 0.717) is 15.2 Å². The molecule has 0 aliphatic rings. The zero-order valence-corrected chi connectivity index (χ0v) is 12.7. The smallest absolute Gasteiger partial charge is 0.263 e. The lowest BCUT2D eigenvalue weighted by atomic mass is 10.1. The standard InChI is InChI=1S/C15H11ClN2O2S/c1-9(19)6-18-8-17-14-13(15(18)20)11(7-21-14)10-4-2-3-5-12(10)16/h2-5,7-8H,6H2,1H3. The highest BCUT2D eigenvalue weighted by molar-refractivity contribution is 7.17. The fourth-order valence-electron chi connectivity index (χ4n) is 2.20. The Labute approximate surface area is 129 Å². The van der Waals surface area contributed by atoms with Crippen molar-refractivity contribution in [2.24, 2.45) is 0 Å². The molecule has 2 aromatic heterocycles. The van der Waals surface area contributed by atoms with E-state index in [4.69, 9.17) is 11.6 Å². The first-order valence-corrected chi connectivity index (χ1v) is 7.54. The van der Waals surface area contributed by atoms with Gasteiger partial charge in [-0.25, -0.2) is 4.98 Å². The van der Waals surface area contributed by atoms with Crippen molar-refractivity contribution in [3.05, 3.63) is 51.3 Å². The number of benzene rings is 1. The molecule has 0 radical (unpaired) electrons. The maximum Gasteiger partial charge on any atom is 0.263 e. The number of rotatable bonds is 3. The molecule has 4 nitrogen and oxygen atoms in total. The topological polar surface area (TPSA) is 52.0 Å². The van der Waals surface area contributed by atoms with Crippen molar-refractivity contribution in [3.8, 4) is 11.1 Å². The lowest BCUT2D eigenvalue weighted by molar-refractivity contribution is -0.117. The van der Waals surface area contributed by atoms with E-state index in [-0.39, 0.29) is 17.9 Å². The van der Waals surface area contributed by atoms with Crippen LogP contribution in [0.3, 0.4) is 0 Å². The van der Waals surface area contributed by atoms with Gasteiger partial charge in [-0.15, -0.1) is 11.3 Å². The predicted octanol–water partition coefficient (Wildman–Crippen LogP) is 3.37. The highest BCUT2D eigenvalue weighted by atomic mass is 35.5. The molecule has 0 atom stereocenters. The van der Waals surface area contributed by atoms with Crippen LogP contribution in [0.4, 0.5) is 0 Å². The molecule has 0 spiro atoms. The molecule has 3 aromatic rings. The maximum absolute atomic E-state index is 12.6. The lowest BCUT2D eigenvalue weighted by Crippen LogP contribution is -2.23. The third-order valence-corrected chi connectivity index (χ3v) is 4.33. The molecule has 0 bridgehead atoms. The van der Waals surface area contributed by atoms with Gasteiger partial charge in [0.05, 0.1) is 18.3 Å². The second-order valence-corrected chi connectivity index (χ2v) is 5.95. The Bertz CT molecular complexity index is 898. The van der Waals surface area contributed by atoms with Crippen LogP contribution in [0.5, 0.6) is 0 Å². The minimum absolute atomic E-state index is 0.0274. The van der Waals surface area contributed by atoms with Gasteiger partial charge in [0.1, 0.15) is 10.6 Å². The molecule has 1 aromatic carbocycles. The van der Waals surface area contributed by atoms with Crippen molar-refractivity contribution >= 4 is 38.9 Å². The molecule has 0 N–H and O–H groups in total. The van der Waals surface area contributed by atoms with Gasteiger partial charge in [-0.2, -0.15) is 0 Å². The summed E-state index contributed by atoms with van der Waals surface area (Å²) in [6.45, 7) is 1.47. The van der Waals surface area contributed by atoms with E-state index in [1.807, 2.05) is 23.6 Å². The monoisotopic (exact) mass is 318 g/mol. The normalized spacial score (nSPS) is 11.0. The molecule has 0 saturated carbocycles. The molecular formula is C15H11ClN2O2S. The Kier molecular flexibility index (Phi) is 3.61. The number of carbonyl (C=O) groups excluding carboxylic acids is 1. The number of carbonyl (C=O) groups is 1. The maximum atomic E-state index is 12.6. The van der Waals surface area contributed by atoms with Crippen molar-refractivity contribution in [1.29, 1.82) is 0 Å². The fourth-order valence-corrected chi connectivity index (χ4v) is 3.33. The summed E-state index contributed by atoms with van der Waals surface area (Å²) in [5, 5.41) is 2.97. The molecule has 0 aliphatic carbocycles. The average Bonchev–Trinajstić information content (AvgIpc) is 2.87. The Morgan fingerprint density at radius 3 is 2.81 bits per heavy atom. The molecule has 6 heteroatoms. The first-order valence-electron chi connectivity index (χ1n) is 6.29. The average molecular weight is 319 g/mol. The number of ketones is 1. The summed E-state index contributed by atoms with van der Waals surface area (Å²) in [7, 11) is 0. The molecule has 0 saturated heterocycles. The van der Waals surface area contributed by atoms with Gasteiger partial charge in [0.15, 0.2) is 0 Å². The van der Waals surface area contributed by atoms with Crippen LogP contribution in [-0.4, -0.2) is 15.3 Å². The first kappa shape index (κ1) is 14.0. The van der Waals surface area contributed by atoms with Crippen LogP contribution in [-0.2, 0) is 11.3 Å². The molecule has 0 fully saturated rings. The van der Waals surface area contributed by atoms with Gasteiger partial charge in [-0.05, 0) is 13.0 Å². The van der Waals surface area contributed by atoms with E-state index < -0.39 is 0 Å². The van der Waals surface area contributed by atoms with E-state index in [9.17, 15) is 9.59 Å². The number of fused-ring (bicyclic) bond motifs is 1. The number of halogens is 1. The van der Waals surface area contributed by atoms with Crippen LogP contribution < -0.4 is 5.56 Å². The summed E-state index contributed by atoms with van der Waals surface area (Å²) < 4.78 is 1.33. The largest absolute Gasteiger partial charge is 0.298 e. The van der Waals surface area contributed by atoms with Gasteiger partial charge in [-0.1, -0.05) is 29.8 Å². The van der Waals surface area contributed by atoms with Gasteiger partial charge in [-0.3, -0.25) is 14.2 Å². The van der Waals surface area contributed by atoms with Crippen molar-refractivity contribution in [2.45, 2.75) is 13.5 Å². The summed E-state index contributed by atoms with van der Waals surface area (Å²) in [6.07, 6.45) is 1.42. The molecule has 21 heavy (non-hydrogen) atoms. The van der Waals surface area contributed by atoms with E-state index in [1.165, 1.54) is 29.2 Å². The SMILES string of the molecule is CC(=O)Cn1cnc2scc(-c3ccccc3Cl)c2c1=O. The highest BCUT2D eigenvalue weighted by Gasteiger charge is 2.15. The third kappa shape index (κ3) is 2.50. The first-order chi connectivity index (χ1) is 10.1. The highest BCUT2D eigenvalue weighted by Crippen LogP contribution is 2.34. The fraction of sp³-hybridized carbons (Fsp3) is 0.133. The van der Waals surface area contributed by atoms with E-state index in [2.05, 4.69) is 4.98 Å². The number of hydrogen-bond acceptors (Lipinski definition) is 4. The van der Waals surface area contributed by atoms with Gasteiger partial charge < -0.3 is 0 Å². The number of hydrogen-bond donors (Lipinski definition) is 0. The summed E-state index contributed by atoms with van der Waals surface area (Å²) in [6, 6.07) is 7.36. The van der Waals surface area contributed by atoms with Crippen molar-refractivity contribution in [1.82, 2.24) is 9.55 Å². The van der Waals surface area contributed by atoms with Crippen molar-refractivity contribution in [3.63, 3.8) is 0 Å². The summed E-state index contributed by atoms with van der Waals surface area (Å²) in [5.74, 6) is -0.0900. The van der Waals surface area contributed by atoms with Crippen LogP contribution in [0.15, 0.2) is 40.8 Å². The number of nitrogens with zero attached hydrogens (tertiary/aromatic N) is 2. The van der Waals surface area contributed by atoms with Crippen LogP contribution in [0, 0.1) is 0 Å². The molecule has 0 aliphatic heterocycles. The Balaban J connectivity index is 2.28. The summed E-state index contributed by atoms with van der Waals surface area (Å²) in [5.41, 5.74) is 1.34. The van der Waals surface area contributed by atoms with Gasteiger partial charge in [0, 0.05) is 21.5 Å². The lowest BCUT2D eigenvalue weighted by Gasteiger charge is -2.05. The van der Waals surface area contributed by atoms with Crippen molar-refractivity contribution < 1.29 is 4.79 Å². The number of thiophene rings is 1. The van der Waals surface area contributed by atoms with Crippen LogP contribution in [0.25, 0.3) is 21.3 Å². The zero-order chi connectivity index (χ0) is 15.0. The number of aromatic nitrogens is 2. The van der Waals surface area contributed by atoms with Crippen molar-refractivity contribution in [2.75, 3.05) is 0 Å². The minimum atomic E-state index is -0.216. The van der Waals surface area contributed by atoms with Crippen LogP contribution >= 0.6 is 22.9 Å². The molecule has 0 amide bonds. The quantitative estimate of drug-likeness (QED) is 0.744. The molecular weight excluding hydrogens is 308 g/mol. The van der Waals surface area contributed by atoms with Crippen LogP contribution in [0.2, 0.25) is 5.02 Å². The van der Waals surface area contributed by atoms with Gasteiger partial charge in [0.2, 0.25) is 0 Å². The Morgan fingerprint density at radius 2 is 2.10 bits per heavy atom. The molecule has 106 valence electrons. The van der Waals surface area contributed by atoms with E-state index >= 15 is 0 Å².